The van der Waals surface area contributed by atoms with Crippen LogP contribution in [0.3, 0.4) is 0 Å². The van der Waals surface area contributed by atoms with Crippen LogP contribution in [-0.2, 0) is 14.7 Å². The van der Waals surface area contributed by atoms with Gasteiger partial charge in [-0.05, 0) is 12.5 Å². The van der Waals surface area contributed by atoms with E-state index in [4.69, 9.17) is 16.9 Å². The number of benzene rings is 1. The van der Waals surface area contributed by atoms with Crippen LogP contribution < -0.4 is 0 Å². The summed E-state index contributed by atoms with van der Waals surface area (Å²) in [6, 6.07) is 8.40. The molecule has 0 aliphatic carbocycles. The molecule has 0 aromatic heterocycles. The van der Waals surface area contributed by atoms with Crippen molar-refractivity contribution in [2.24, 2.45) is 0 Å². The number of alkyl halides is 1. The Bertz CT molecular complexity index is 547. The van der Waals surface area contributed by atoms with Gasteiger partial charge in [-0.1, -0.05) is 29.8 Å². The molecule has 15 heavy (non-hydrogen) atoms. The first-order valence-corrected chi connectivity index (χ1v) is 6.45. The Balaban J connectivity index is 2.76. The van der Waals surface area contributed by atoms with Crippen molar-refractivity contribution in [3.8, 4) is 6.07 Å². The summed E-state index contributed by atoms with van der Waals surface area (Å²) in [5.74, 6) is -0.0684. The molecule has 0 radical (unpaired) electrons. The summed E-state index contributed by atoms with van der Waals surface area (Å²) in [7, 11) is -3.26. The van der Waals surface area contributed by atoms with Gasteiger partial charge in [0.25, 0.3) is 0 Å². The fraction of sp³-hybridized carbons (Fsp3) is 0.300. The third-order valence-corrected chi connectivity index (χ3v) is 4.79. The van der Waals surface area contributed by atoms with Gasteiger partial charge in [0.05, 0.1) is 16.7 Å². The van der Waals surface area contributed by atoms with Gasteiger partial charge in [0.15, 0.2) is 14.7 Å². The summed E-state index contributed by atoms with van der Waals surface area (Å²) >= 11 is 6.09. The van der Waals surface area contributed by atoms with Gasteiger partial charge >= 0.3 is 0 Å². The maximum Gasteiger partial charge on any atom is 0.178 e. The van der Waals surface area contributed by atoms with Gasteiger partial charge < -0.3 is 0 Å². The molecule has 1 aliphatic rings. The molecule has 0 fully saturated rings. The van der Waals surface area contributed by atoms with Gasteiger partial charge in [-0.3, -0.25) is 0 Å². The van der Waals surface area contributed by atoms with E-state index in [9.17, 15) is 8.42 Å². The molecule has 1 unspecified atom stereocenters. The second-order valence-corrected chi connectivity index (χ2v) is 6.20. The number of fused-ring (bicyclic) bond motifs is 1. The first-order chi connectivity index (χ1) is 6.99. The highest BCUT2D eigenvalue weighted by atomic mass is 35.5. The highest BCUT2D eigenvalue weighted by Crippen LogP contribution is 2.41. The molecule has 3 nitrogen and oxygen atoms in total. The van der Waals surface area contributed by atoms with Crippen molar-refractivity contribution in [1.82, 2.24) is 0 Å². The van der Waals surface area contributed by atoms with Crippen molar-refractivity contribution in [1.29, 1.82) is 5.26 Å². The molecule has 1 aromatic rings. The molecule has 0 saturated carbocycles. The third-order valence-electron chi connectivity index (χ3n) is 2.54. The topological polar surface area (TPSA) is 57.9 Å². The van der Waals surface area contributed by atoms with Crippen LogP contribution in [0.2, 0.25) is 0 Å². The number of hydrogen-bond donors (Lipinski definition) is 0. The van der Waals surface area contributed by atoms with Crippen molar-refractivity contribution in [3.05, 3.63) is 29.8 Å². The molecule has 1 aromatic carbocycles. The Morgan fingerprint density at radius 1 is 1.40 bits per heavy atom. The van der Waals surface area contributed by atoms with Crippen molar-refractivity contribution in [2.45, 2.75) is 16.2 Å². The standard InChI is InChI=1S/C10H8ClNO2S/c11-10(7-12)5-6-15(13,14)9-4-2-1-3-8(9)10/h1-4H,5-6H2. The summed E-state index contributed by atoms with van der Waals surface area (Å²) < 4.78 is 23.4. The predicted octanol–water partition coefficient (Wildman–Crippen LogP) is 1.82. The van der Waals surface area contributed by atoms with Crippen LogP contribution in [0, 0.1) is 11.3 Å². The summed E-state index contributed by atoms with van der Waals surface area (Å²) in [5.41, 5.74) is 0.403. The molecule has 0 spiro atoms. The molecular weight excluding hydrogens is 234 g/mol. The average molecular weight is 242 g/mol. The quantitative estimate of drug-likeness (QED) is 0.651. The second-order valence-electron chi connectivity index (χ2n) is 3.48. The summed E-state index contributed by atoms with van der Waals surface area (Å²) in [6.45, 7) is 0. The highest BCUT2D eigenvalue weighted by Gasteiger charge is 2.40. The van der Waals surface area contributed by atoms with Crippen LogP contribution in [0.25, 0.3) is 0 Å². The van der Waals surface area contributed by atoms with E-state index in [-0.39, 0.29) is 17.1 Å². The van der Waals surface area contributed by atoms with Crippen LogP contribution in [0.4, 0.5) is 0 Å². The van der Waals surface area contributed by atoms with E-state index < -0.39 is 14.7 Å². The molecule has 0 saturated heterocycles. The zero-order valence-corrected chi connectivity index (χ0v) is 9.35. The van der Waals surface area contributed by atoms with Gasteiger partial charge in [-0.25, -0.2) is 8.42 Å². The van der Waals surface area contributed by atoms with Crippen molar-refractivity contribution in [3.63, 3.8) is 0 Å². The zero-order chi connectivity index (χ0) is 11.1. The van der Waals surface area contributed by atoms with Crippen LogP contribution in [0.15, 0.2) is 29.2 Å². The van der Waals surface area contributed by atoms with E-state index in [2.05, 4.69) is 0 Å². The van der Waals surface area contributed by atoms with E-state index in [0.29, 0.717) is 5.56 Å². The SMILES string of the molecule is N#CC1(Cl)CCS(=O)(=O)c2ccccc21. The Kier molecular flexibility index (Phi) is 2.25. The number of hydrogen-bond acceptors (Lipinski definition) is 3. The molecule has 0 bridgehead atoms. The van der Waals surface area contributed by atoms with Crippen molar-refractivity contribution in [2.75, 3.05) is 5.75 Å². The lowest BCUT2D eigenvalue weighted by Gasteiger charge is -2.27. The predicted molar refractivity (Wildman–Crippen MR) is 56.3 cm³/mol. The minimum atomic E-state index is -3.26. The number of sulfone groups is 1. The molecule has 0 amide bonds. The smallest absolute Gasteiger partial charge is 0.178 e. The summed E-state index contributed by atoms with van der Waals surface area (Å²) in [5, 5.41) is 8.99. The maximum atomic E-state index is 11.7. The number of rotatable bonds is 0. The zero-order valence-electron chi connectivity index (χ0n) is 7.77. The lowest BCUT2D eigenvalue weighted by molar-refractivity contribution is 0.573. The molecule has 5 heteroatoms. The van der Waals surface area contributed by atoms with E-state index in [1.54, 1.807) is 18.2 Å². The summed E-state index contributed by atoms with van der Waals surface area (Å²) in [4.78, 5) is -1.00. The molecule has 1 atom stereocenters. The fourth-order valence-electron chi connectivity index (χ4n) is 1.70. The molecule has 78 valence electrons. The van der Waals surface area contributed by atoms with E-state index in [1.165, 1.54) is 6.07 Å². The largest absolute Gasteiger partial charge is 0.224 e. The number of halogens is 1. The first-order valence-electron chi connectivity index (χ1n) is 4.42. The Morgan fingerprint density at radius 2 is 2.07 bits per heavy atom. The highest BCUT2D eigenvalue weighted by molar-refractivity contribution is 7.91. The van der Waals surface area contributed by atoms with Crippen molar-refractivity contribution >= 4 is 21.4 Å². The fourth-order valence-corrected chi connectivity index (χ4v) is 3.79. The molecule has 1 aliphatic heterocycles. The second kappa shape index (κ2) is 3.22. The van der Waals surface area contributed by atoms with E-state index in [1.807, 2.05) is 6.07 Å². The lowest BCUT2D eigenvalue weighted by Crippen LogP contribution is -2.29. The van der Waals surface area contributed by atoms with Crippen LogP contribution in [-0.4, -0.2) is 14.2 Å². The van der Waals surface area contributed by atoms with E-state index >= 15 is 0 Å². The van der Waals surface area contributed by atoms with E-state index in [0.717, 1.165) is 0 Å². The third kappa shape index (κ3) is 1.52. The van der Waals surface area contributed by atoms with Gasteiger partial charge in [0, 0.05) is 5.56 Å². The van der Waals surface area contributed by atoms with Crippen LogP contribution in [0.1, 0.15) is 12.0 Å². The molecular formula is C10H8ClNO2S. The Morgan fingerprint density at radius 3 is 2.73 bits per heavy atom. The van der Waals surface area contributed by atoms with Gasteiger partial charge in [0.1, 0.15) is 0 Å². The minimum Gasteiger partial charge on any atom is -0.224 e. The van der Waals surface area contributed by atoms with Crippen LogP contribution >= 0.6 is 11.6 Å². The maximum absolute atomic E-state index is 11.7. The van der Waals surface area contributed by atoms with Gasteiger partial charge in [-0.2, -0.15) is 5.26 Å². The monoisotopic (exact) mass is 241 g/mol. The summed E-state index contributed by atoms with van der Waals surface area (Å²) in [6.07, 6.45) is 0.143. The molecule has 1 heterocycles. The van der Waals surface area contributed by atoms with Gasteiger partial charge in [0.2, 0.25) is 0 Å². The number of nitriles is 1. The molecule has 2 rings (SSSR count). The van der Waals surface area contributed by atoms with Gasteiger partial charge in [-0.15, -0.1) is 0 Å². The normalized spacial score (nSPS) is 27.7. The van der Waals surface area contributed by atoms with Crippen LogP contribution in [0.5, 0.6) is 0 Å². The average Bonchev–Trinajstić information content (AvgIpc) is 2.25. The Labute approximate surface area is 93.2 Å². The Hall–Kier alpha value is -1.05. The minimum absolute atomic E-state index is 0.0684. The van der Waals surface area contributed by atoms with Crippen molar-refractivity contribution < 1.29 is 8.42 Å². The first kappa shape index (κ1) is 10.5. The molecule has 0 N–H and O–H groups in total. The number of nitrogens with zero attached hydrogens (tertiary/aromatic N) is 1. The lowest BCUT2D eigenvalue weighted by atomic mass is 9.96.